The van der Waals surface area contributed by atoms with Gasteiger partial charge in [-0.3, -0.25) is 0 Å². The molecule has 24 heavy (non-hydrogen) atoms. The molecule has 1 aromatic heterocycles. The molecule has 1 heterocycles. The quantitative estimate of drug-likeness (QED) is 0.730. The van der Waals surface area contributed by atoms with Crippen molar-refractivity contribution in [2.45, 2.75) is 6.42 Å². The molecule has 124 valence electrons. The minimum atomic E-state index is -0.415. The number of rotatable bonds is 5. The summed E-state index contributed by atoms with van der Waals surface area (Å²) in [6, 6.07) is 11.1. The van der Waals surface area contributed by atoms with Crippen LogP contribution in [0.5, 0.6) is 11.5 Å². The van der Waals surface area contributed by atoms with Crippen molar-refractivity contribution >= 4 is 17.0 Å². The van der Waals surface area contributed by atoms with Crippen LogP contribution in [-0.2, 0) is 11.2 Å². The smallest absolute Gasteiger partial charge is 0.340 e. The Morgan fingerprint density at radius 1 is 1.04 bits per heavy atom. The number of H-pyrrole nitrogens is 1. The summed E-state index contributed by atoms with van der Waals surface area (Å²) < 4.78 is 15.3. The van der Waals surface area contributed by atoms with Crippen LogP contribution in [0.1, 0.15) is 21.7 Å². The van der Waals surface area contributed by atoms with Gasteiger partial charge in [0.05, 0.1) is 32.4 Å². The molecule has 3 aromatic rings. The SMILES string of the molecule is COC(=O)c1ccc(OC)c2nc(Cc3ccc(OC)cc3)[nH]c12. The zero-order valence-electron chi connectivity index (χ0n) is 13.8. The Hall–Kier alpha value is -3.02. The Balaban J connectivity index is 2.01. The molecule has 0 radical (unpaired) electrons. The summed E-state index contributed by atoms with van der Waals surface area (Å²) in [5.41, 5.74) is 2.74. The number of aromatic nitrogens is 2. The Morgan fingerprint density at radius 3 is 2.42 bits per heavy atom. The van der Waals surface area contributed by atoms with Crippen LogP contribution in [0, 0.1) is 0 Å². The predicted octanol–water partition coefficient (Wildman–Crippen LogP) is 2.96. The van der Waals surface area contributed by atoms with Crippen molar-refractivity contribution in [2.24, 2.45) is 0 Å². The highest BCUT2D eigenvalue weighted by Gasteiger charge is 2.17. The molecule has 0 unspecified atom stereocenters. The van der Waals surface area contributed by atoms with Crippen molar-refractivity contribution in [3.8, 4) is 11.5 Å². The molecule has 0 spiro atoms. The van der Waals surface area contributed by atoms with Crippen LogP contribution in [0.25, 0.3) is 11.0 Å². The minimum absolute atomic E-state index is 0.415. The number of benzene rings is 2. The molecule has 0 aliphatic rings. The fourth-order valence-corrected chi connectivity index (χ4v) is 2.58. The number of esters is 1. The van der Waals surface area contributed by atoms with E-state index in [-0.39, 0.29) is 0 Å². The number of nitrogens with zero attached hydrogens (tertiary/aromatic N) is 1. The molecular weight excluding hydrogens is 308 g/mol. The summed E-state index contributed by atoms with van der Waals surface area (Å²) in [6.45, 7) is 0. The van der Waals surface area contributed by atoms with Crippen molar-refractivity contribution in [1.29, 1.82) is 0 Å². The Morgan fingerprint density at radius 2 is 1.79 bits per heavy atom. The van der Waals surface area contributed by atoms with E-state index in [2.05, 4.69) is 9.97 Å². The number of hydrogen-bond donors (Lipinski definition) is 1. The lowest BCUT2D eigenvalue weighted by atomic mass is 10.1. The summed E-state index contributed by atoms with van der Waals surface area (Å²) in [5.74, 6) is 1.74. The van der Waals surface area contributed by atoms with E-state index >= 15 is 0 Å². The maximum absolute atomic E-state index is 11.9. The summed E-state index contributed by atoms with van der Waals surface area (Å²) in [4.78, 5) is 19.7. The van der Waals surface area contributed by atoms with Crippen LogP contribution in [0.15, 0.2) is 36.4 Å². The monoisotopic (exact) mass is 326 g/mol. The molecule has 0 aliphatic heterocycles. The van der Waals surface area contributed by atoms with Gasteiger partial charge in [-0.1, -0.05) is 12.1 Å². The van der Waals surface area contributed by atoms with Crippen LogP contribution in [-0.4, -0.2) is 37.3 Å². The zero-order chi connectivity index (χ0) is 17.1. The van der Waals surface area contributed by atoms with Gasteiger partial charge in [0.25, 0.3) is 0 Å². The maximum Gasteiger partial charge on any atom is 0.340 e. The van der Waals surface area contributed by atoms with E-state index in [4.69, 9.17) is 14.2 Å². The first kappa shape index (κ1) is 15.9. The molecule has 0 aliphatic carbocycles. The van der Waals surface area contributed by atoms with Gasteiger partial charge in [-0.05, 0) is 29.8 Å². The third-order valence-electron chi connectivity index (χ3n) is 3.81. The standard InChI is InChI=1S/C18H18N2O4/c1-22-12-6-4-11(5-7-12)10-15-19-16-13(18(21)24-3)8-9-14(23-2)17(16)20-15/h4-9H,10H2,1-3H3,(H,19,20). The summed E-state index contributed by atoms with van der Waals surface area (Å²) >= 11 is 0. The summed E-state index contributed by atoms with van der Waals surface area (Å²) in [7, 11) is 4.56. The number of methoxy groups -OCH3 is 3. The molecule has 6 heteroatoms. The first-order valence-electron chi connectivity index (χ1n) is 7.43. The molecule has 3 rings (SSSR count). The molecule has 0 saturated heterocycles. The molecule has 0 saturated carbocycles. The molecule has 0 bridgehead atoms. The fraction of sp³-hybridized carbons (Fsp3) is 0.222. The van der Waals surface area contributed by atoms with E-state index in [1.165, 1.54) is 7.11 Å². The van der Waals surface area contributed by atoms with Gasteiger partial charge in [0.15, 0.2) is 0 Å². The van der Waals surface area contributed by atoms with E-state index in [0.717, 1.165) is 17.1 Å². The number of ether oxygens (including phenoxy) is 3. The number of carbonyl (C=O) groups excluding carboxylic acids is 1. The molecule has 0 fully saturated rings. The Labute approximate surface area is 139 Å². The van der Waals surface area contributed by atoms with Gasteiger partial charge in [-0.25, -0.2) is 9.78 Å². The second-order valence-electron chi connectivity index (χ2n) is 5.24. The summed E-state index contributed by atoms with van der Waals surface area (Å²) in [5, 5.41) is 0. The van der Waals surface area contributed by atoms with Crippen molar-refractivity contribution in [3.63, 3.8) is 0 Å². The molecule has 0 amide bonds. The molecule has 6 nitrogen and oxygen atoms in total. The number of fused-ring (bicyclic) bond motifs is 1. The highest BCUT2D eigenvalue weighted by Crippen LogP contribution is 2.28. The van der Waals surface area contributed by atoms with Gasteiger partial charge in [0, 0.05) is 6.42 Å². The summed E-state index contributed by atoms with van der Waals surface area (Å²) in [6.07, 6.45) is 0.600. The molecule has 2 aromatic carbocycles. The third kappa shape index (κ3) is 2.90. The first-order valence-corrected chi connectivity index (χ1v) is 7.43. The van der Waals surface area contributed by atoms with Crippen molar-refractivity contribution in [2.75, 3.05) is 21.3 Å². The van der Waals surface area contributed by atoms with Crippen LogP contribution in [0.4, 0.5) is 0 Å². The Bertz CT molecular complexity index is 869. The van der Waals surface area contributed by atoms with Gasteiger partial charge >= 0.3 is 5.97 Å². The molecular formula is C18H18N2O4. The predicted molar refractivity (Wildman–Crippen MR) is 89.8 cm³/mol. The lowest BCUT2D eigenvalue weighted by molar-refractivity contribution is 0.0603. The van der Waals surface area contributed by atoms with Gasteiger partial charge in [-0.15, -0.1) is 0 Å². The zero-order valence-corrected chi connectivity index (χ0v) is 13.8. The number of nitrogens with one attached hydrogen (secondary N) is 1. The van der Waals surface area contributed by atoms with E-state index in [0.29, 0.717) is 28.8 Å². The third-order valence-corrected chi connectivity index (χ3v) is 3.81. The van der Waals surface area contributed by atoms with E-state index in [9.17, 15) is 4.79 Å². The van der Waals surface area contributed by atoms with Crippen LogP contribution in [0.2, 0.25) is 0 Å². The van der Waals surface area contributed by atoms with Gasteiger partial charge < -0.3 is 19.2 Å². The average Bonchev–Trinajstić information content (AvgIpc) is 3.04. The largest absolute Gasteiger partial charge is 0.497 e. The minimum Gasteiger partial charge on any atom is -0.497 e. The van der Waals surface area contributed by atoms with Gasteiger partial charge in [0.2, 0.25) is 0 Å². The van der Waals surface area contributed by atoms with Crippen molar-refractivity contribution in [3.05, 3.63) is 53.3 Å². The highest BCUT2D eigenvalue weighted by atomic mass is 16.5. The lowest BCUT2D eigenvalue weighted by Gasteiger charge is -2.04. The molecule has 1 N–H and O–H groups in total. The number of aromatic amines is 1. The van der Waals surface area contributed by atoms with Crippen LogP contribution >= 0.6 is 0 Å². The Kier molecular flexibility index (Phi) is 4.37. The van der Waals surface area contributed by atoms with Crippen LogP contribution < -0.4 is 9.47 Å². The molecule has 0 atom stereocenters. The van der Waals surface area contributed by atoms with E-state index in [1.54, 1.807) is 26.4 Å². The first-order chi connectivity index (χ1) is 11.7. The van der Waals surface area contributed by atoms with E-state index in [1.807, 2.05) is 24.3 Å². The number of carbonyl (C=O) groups is 1. The highest BCUT2D eigenvalue weighted by molar-refractivity contribution is 6.03. The van der Waals surface area contributed by atoms with Crippen LogP contribution in [0.3, 0.4) is 0 Å². The lowest BCUT2D eigenvalue weighted by Crippen LogP contribution is -2.02. The van der Waals surface area contributed by atoms with E-state index < -0.39 is 5.97 Å². The van der Waals surface area contributed by atoms with Crippen molar-refractivity contribution < 1.29 is 19.0 Å². The maximum atomic E-state index is 11.9. The number of hydrogen-bond acceptors (Lipinski definition) is 5. The fourth-order valence-electron chi connectivity index (χ4n) is 2.58. The van der Waals surface area contributed by atoms with Crippen molar-refractivity contribution in [1.82, 2.24) is 9.97 Å². The van der Waals surface area contributed by atoms with Gasteiger partial charge in [0.1, 0.15) is 22.8 Å². The average molecular weight is 326 g/mol. The normalized spacial score (nSPS) is 10.6. The second-order valence-corrected chi connectivity index (χ2v) is 5.24. The topological polar surface area (TPSA) is 73.4 Å². The van der Waals surface area contributed by atoms with Gasteiger partial charge in [-0.2, -0.15) is 0 Å². The number of imidazole rings is 1. The second kappa shape index (κ2) is 6.62.